The molecule has 0 bridgehead atoms. The summed E-state index contributed by atoms with van der Waals surface area (Å²) in [5, 5.41) is 2.90. The standard InChI is InChI=1S/C18H16Br2N2O2/c1-17(19)9-21-15(23)13-7-11-5-3-4-6-12(11)8-14(13)16(24)22(21)10-18(17,2)20/h3-8H,9-10H2,1-2H3. The number of hydrogen-bond acceptors (Lipinski definition) is 2. The zero-order valence-electron chi connectivity index (χ0n) is 13.3. The molecule has 0 radical (unpaired) electrons. The first-order valence-electron chi connectivity index (χ1n) is 7.76. The fourth-order valence-corrected chi connectivity index (χ4v) is 4.02. The summed E-state index contributed by atoms with van der Waals surface area (Å²) in [5.41, 5.74) is -0.243. The van der Waals surface area contributed by atoms with Crippen LogP contribution in [0.25, 0.3) is 21.5 Å². The Morgan fingerprint density at radius 1 is 0.833 bits per heavy atom. The number of halogens is 2. The average Bonchev–Trinajstić information content (AvgIpc) is 2.53. The molecule has 2 heterocycles. The Bertz CT molecular complexity index is 1020. The van der Waals surface area contributed by atoms with Gasteiger partial charge in [0.2, 0.25) is 0 Å². The van der Waals surface area contributed by atoms with Crippen LogP contribution < -0.4 is 11.1 Å². The van der Waals surface area contributed by atoms with E-state index >= 15 is 0 Å². The molecule has 1 aliphatic heterocycles. The van der Waals surface area contributed by atoms with Gasteiger partial charge in [-0.3, -0.25) is 9.59 Å². The maximum atomic E-state index is 13.0. The number of rotatable bonds is 0. The summed E-state index contributed by atoms with van der Waals surface area (Å²) in [6, 6.07) is 11.4. The Hall–Kier alpha value is -1.40. The summed E-state index contributed by atoms with van der Waals surface area (Å²) in [6.45, 7) is 4.91. The van der Waals surface area contributed by atoms with Gasteiger partial charge in [0.15, 0.2) is 0 Å². The minimum Gasteiger partial charge on any atom is -0.267 e. The molecular formula is C18H16Br2N2O2. The highest BCUT2D eigenvalue weighted by Gasteiger charge is 2.46. The molecule has 2 aromatic carbocycles. The van der Waals surface area contributed by atoms with Crippen molar-refractivity contribution in [1.82, 2.24) is 9.36 Å². The Morgan fingerprint density at radius 2 is 1.21 bits per heavy atom. The summed E-state index contributed by atoms with van der Waals surface area (Å²) in [4.78, 5) is 26.1. The molecule has 3 aromatic rings. The van der Waals surface area contributed by atoms with E-state index in [0.717, 1.165) is 10.8 Å². The smallest absolute Gasteiger partial charge is 0.267 e. The van der Waals surface area contributed by atoms with Crippen LogP contribution in [-0.2, 0) is 13.1 Å². The van der Waals surface area contributed by atoms with Crippen LogP contribution in [0.5, 0.6) is 0 Å². The summed E-state index contributed by atoms with van der Waals surface area (Å²) in [6.07, 6.45) is 0. The lowest BCUT2D eigenvalue weighted by Crippen LogP contribution is -2.58. The van der Waals surface area contributed by atoms with Crippen molar-refractivity contribution in [3.05, 3.63) is 57.1 Å². The number of fused-ring (bicyclic) bond motifs is 3. The lowest BCUT2D eigenvalue weighted by molar-refractivity contribution is 0.252. The van der Waals surface area contributed by atoms with Crippen LogP contribution in [0.15, 0.2) is 46.0 Å². The topological polar surface area (TPSA) is 44.0 Å². The van der Waals surface area contributed by atoms with Crippen LogP contribution in [0.1, 0.15) is 13.8 Å². The molecule has 6 heteroatoms. The van der Waals surface area contributed by atoms with E-state index in [1.807, 2.05) is 50.2 Å². The number of hydrogen-bond donors (Lipinski definition) is 0. The summed E-state index contributed by atoms with van der Waals surface area (Å²) in [7, 11) is 0. The predicted molar refractivity (Wildman–Crippen MR) is 105 cm³/mol. The lowest BCUT2D eigenvalue weighted by atomic mass is 9.93. The molecule has 0 saturated heterocycles. The van der Waals surface area contributed by atoms with Gasteiger partial charge in [0.25, 0.3) is 11.1 Å². The van der Waals surface area contributed by atoms with Crippen molar-refractivity contribution in [2.75, 3.05) is 0 Å². The molecular weight excluding hydrogens is 436 g/mol. The Balaban J connectivity index is 2.14. The van der Waals surface area contributed by atoms with Gasteiger partial charge in [-0.15, -0.1) is 0 Å². The van der Waals surface area contributed by atoms with E-state index in [1.54, 1.807) is 9.36 Å². The molecule has 1 aliphatic rings. The fourth-order valence-electron chi connectivity index (χ4n) is 3.30. The van der Waals surface area contributed by atoms with Crippen molar-refractivity contribution in [3.63, 3.8) is 0 Å². The molecule has 0 fully saturated rings. The van der Waals surface area contributed by atoms with Gasteiger partial charge in [0, 0.05) is 0 Å². The molecule has 0 aliphatic carbocycles. The van der Waals surface area contributed by atoms with Gasteiger partial charge in [-0.25, -0.2) is 9.36 Å². The quantitative estimate of drug-likeness (QED) is 0.387. The zero-order valence-corrected chi connectivity index (χ0v) is 16.5. The molecule has 24 heavy (non-hydrogen) atoms. The highest BCUT2D eigenvalue weighted by atomic mass is 79.9. The lowest BCUT2D eigenvalue weighted by Gasteiger charge is -2.44. The van der Waals surface area contributed by atoms with Crippen molar-refractivity contribution in [3.8, 4) is 0 Å². The van der Waals surface area contributed by atoms with Gasteiger partial charge >= 0.3 is 0 Å². The summed E-state index contributed by atoms with van der Waals surface area (Å²) in [5.74, 6) is 0. The maximum Gasteiger partial charge on any atom is 0.273 e. The van der Waals surface area contributed by atoms with Gasteiger partial charge < -0.3 is 0 Å². The SMILES string of the molecule is CC1(Br)Cn2c(=O)c3cc4ccccc4cc3c(=O)n2CC1(C)Br. The van der Waals surface area contributed by atoms with E-state index in [1.165, 1.54) is 0 Å². The molecule has 1 aromatic heterocycles. The first-order valence-corrected chi connectivity index (χ1v) is 9.34. The molecule has 4 nitrogen and oxygen atoms in total. The van der Waals surface area contributed by atoms with Crippen molar-refractivity contribution < 1.29 is 0 Å². The molecule has 124 valence electrons. The van der Waals surface area contributed by atoms with E-state index in [9.17, 15) is 9.59 Å². The highest BCUT2D eigenvalue weighted by molar-refractivity contribution is 9.13. The largest absolute Gasteiger partial charge is 0.273 e. The molecule has 4 rings (SSSR count). The third-order valence-electron chi connectivity index (χ3n) is 5.09. The zero-order chi connectivity index (χ0) is 17.3. The summed E-state index contributed by atoms with van der Waals surface area (Å²) < 4.78 is 2.47. The average molecular weight is 452 g/mol. The molecule has 0 N–H and O–H groups in total. The molecule has 0 spiro atoms. The predicted octanol–water partition coefficient (Wildman–Crippen LogP) is 3.64. The van der Waals surface area contributed by atoms with Crippen LogP contribution in [-0.4, -0.2) is 18.0 Å². The van der Waals surface area contributed by atoms with Crippen LogP contribution >= 0.6 is 31.9 Å². The van der Waals surface area contributed by atoms with Gasteiger partial charge in [-0.1, -0.05) is 56.1 Å². The monoisotopic (exact) mass is 450 g/mol. The van der Waals surface area contributed by atoms with E-state index < -0.39 is 0 Å². The second-order valence-electron chi connectivity index (χ2n) is 6.87. The second-order valence-corrected chi connectivity index (χ2v) is 10.4. The van der Waals surface area contributed by atoms with Crippen LogP contribution in [0, 0.1) is 0 Å². The van der Waals surface area contributed by atoms with E-state index in [2.05, 4.69) is 31.9 Å². The van der Waals surface area contributed by atoms with Crippen molar-refractivity contribution in [2.45, 2.75) is 35.6 Å². The van der Waals surface area contributed by atoms with Crippen LogP contribution in [0.3, 0.4) is 0 Å². The third-order valence-corrected chi connectivity index (χ3v) is 7.87. The number of alkyl halides is 2. The Kier molecular flexibility index (Phi) is 3.39. The van der Waals surface area contributed by atoms with Crippen molar-refractivity contribution >= 4 is 53.4 Å². The molecule has 2 atom stereocenters. The first kappa shape index (κ1) is 16.1. The van der Waals surface area contributed by atoms with Crippen LogP contribution in [0.2, 0.25) is 0 Å². The Labute approximate surface area is 155 Å². The van der Waals surface area contributed by atoms with Crippen LogP contribution in [0.4, 0.5) is 0 Å². The van der Waals surface area contributed by atoms with Crippen molar-refractivity contribution in [1.29, 1.82) is 0 Å². The minimum atomic E-state index is -0.333. The normalized spacial score (nSPS) is 26.7. The number of nitrogens with zero attached hydrogens (tertiary/aromatic N) is 2. The molecule has 0 amide bonds. The van der Waals surface area contributed by atoms with Gasteiger partial charge in [-0.05, 0) is 36.8 Å². The number of aromatic nitrogens is 2. The second kappa shape index (κ2) is 5.05. The minimum absolute atomic E-state index is 0.121. The van der Waals surface area contributed by atoms with Gasteiger partial charge in [0.1, 0.15) is 0 Å². The van der Waals surface area contributed by atoms with Gasteiger partial charge in [0.05, 0.1) is 32.5 Å². The number of benzene rings is 2. The van der Waals surface area contributed by atoms with E-state index in [4.69, 9.17) is 0 Å². The van der Waals surface area contributed by atoms with Crippen molar-refractivity contribution in [2.24, 2.45) is 0 Å². The van der Waals surface area contributed by atoms with E-state index in [-0.39, 0.29) is 19.8 Å². The Morgan fingerprint density at radius 3 is 1.58 bits per heavy atom. The third kappa shape index (κ3) is 2.15. The highest BCUT2D eigenvalue weighted by Crippen LogP contribution is 2.42. The van der Waals surface area contributed by atoms with Gasteiger partial charge in [-0.2, -0.15) is 0 Å². The summed E-state index contributed by atoms with van der Waals surface area (Å²) >= 11 is 7.45. The maximum absolute atomic E-state index is 13.0. The fraction of sp³-hybridized carbons (Fsp3) is 0.333. The molecule has 0 saturated carbocycles. The first-order chi connectivity index (χ1) is 11.2. The molecule has 2 unspecified atom stereocenters. The van der Waals surface area contributed by atoms with E-state index in [0.29, 0.717) is 23.9 Å².